The molecule has 100 valence electrons. The summed E-state index contributed by atoms with van der Waals surface area (Å²) in [6, 6.07) is 0.176. The van der Waals surface area contributed by atoms with Gasteiger partial charge in [0.15, 0.2) is 5.82 Å². The highest BCUT2D eigenvalue weighted by molar-refractivity contribution is 5.37. The summed E-state index contributed by atoms with van der Waals surface area (Å²) in [5.41, 5.74) is 0.0256. The Kier molecular flexibility index (Phi) is 4.01. The van der Waals surface area contributed by atoms with Crippen LogP contribution >= 0.6 is 0 Å². The van der Waals surface area contributed by atoms with Gasteiger partial charge in [-0.1, -0.05) is 0 Å². The van der Waals surface area contributed by atoms with Crippen LogP contribution in [-0.4, -0.2) is 36.2 Å². The van der Waals surface area contributed by atoms with E-state index in [1.54, 1.807) is 17.0 Å². The number of hydrogen-bond acceptors (Lipinski definition) is 4. The molecule has 0 bridgehead atoms. The fraction of sp³-hybridized carbons (Fsp3) is 0.692. The van der Waals surface area contributed by atoms with E-state index in [1.807, 2.05) is 20.9 Å². The predicted molar refractivity (Wildman–Crippen MR) is 73.1 cm³/mol. The number of nitrogens with zero attached hydrogens (tertiary/aromatic N) is 3. The molecule has 2 heterocycles. The predicted octanol–water partition coefficient (Wildman–Crippen LogP) is 0.870. The molecule has 1 fully saturated rings. The SMILES string of the molecule is CNCC1CCN(c2nccn(C(C)C)c2=O)C1. The molecule has 1 N–H and O–H groups in total. The molecule has 18 heavy (non-hydrogen) atoms. The summed E-state index contributed by atoms with van der Waals surface area (Å²) in [5, 5.41) is 3.20. The Bertz CT molecular complexity index is 455. The summed E-state index contributed by atoms with van der Waals surface area (Å²) < 4.78 is 1.74. The molecule has 1 saturated heterocycles. The number of rotatable bonds is 4. The minimum Gasteiger partial charge on any atom is -0.352 e. The third-order valence-corrected chi connectivity index (χ3v) is 3.48. The number of aromatic nitrogens is 2. The van der Waals surface area contributed by atoms with E-state index < -0.39 is 0 Å². The van der Waals surface area contributed by atoms with E-state index in [2.05, 4.69) is 15.2 Å². The maximum atomic E-state index is 12.3. The normalized spacial score (nSPS) is 19.8. The third-order valence-electron chi connectivity index (χ3n) is 3.48. The van der Waals surface area contributed by atoms with Crippen molar-refractivity contribution in [2.45, 2.75) is 26.3 Å². The van der Waals surface area contributed by atoms with Crippen LogP contribution in [0.15, 0.2) is 17.2 Å². The molecule has 0 saturated carbocycles. The smallest absolute Gasteiger partial charge is 0.293 e. The molecule has 0 aromatic carbocycles. The van der Waals surface area contributed by atoms with E-state index in [1.165, 1.54) is 0 Å². The Morgan fingerprint density at radius 3 is 3.00 bits per heavy atom. The van der Waals surface area contributed by atoms with Crippen LogP contribution in [0.1, 0.15) is 26.3 Å². The maximum Gasteiger partial charge on any atom is 0.293 e. The first kappa shape index (κ1) is 13.1. The average molecular weight is 250 g/mol. The van der Waals surface area contributed by atoms with Gasteiger partial charge in [-0.15, -0.1) is 0 Å². The molecule has 0 amide bonds. The second-order valence-electron chi connectivity index (χ2n) is 5.22. The Hall–Kier alpha value is -1.36. The molecule has 1 aromatic rings. The van der Waals surface area contributed by atoms with Gasteiger partial charge in [-0.05, 0) is 39.8 Å². The third kappa shape index (κ3) is 2.56. The zero-order chi connectivity index (χ0) is 13.1. The molecular formula is C13H22N4O. The van der Waals surface area contributed by atoms with E-state index in [0.717, 1.165) is 26.1 Å². The lowest BCUT2D eigenvalue weighted by Gasteiger charge is -2.19. The first-order valence-electron chi connectivity index (χ1n) is 6.60. The largest absolute Gasteiger partial charge is 0.352 e. The Labute approximate surface area is 108 Å². The summed E-state index contributed by atoms with van der Waals surface area (Å²) in [6.07, 6.45) is 4.61. The summed E-state index contributed by atoms with van der Waals surface area (Å²) in [5.74, 6) is 1.22. The van der Waals surface area contributed by atoms with Gasteiger partial charge >= 0.3 is 0 Å². The van der Waals surface area contributed by atoms with Crippen molar-refractivity contribution in [1.82, 2.24) is 14.9 Å². The average Bonchev–Trinajstić information content (AvgIpc) is 2.78. The summed E-state index contributed by atoms with van der Waals surface area (Å²) in [6.45, 7) is 6.88. The van der Waals surface area contributed by atoms with Gasteiger partial charge < -0.3 is 14.8 Å². The molecule has 1 aromatic heterocycles. The molecule has 5 nitrogen and oxygen atoms in total. The van der Waals surface area contributed by atoms with Crippen LogP contribution in [-0.2, 0) is 0 Å². The van der Waals surface area contributed by atoms with Crippen LogP contribution in [0, 0.1) is 5.92 Å². The highest BCUT2D eigenvalue weighted by atomic mass is 16.1. The number of anilines is 1. The molecule has 0 radical (unpaired) electrons. The van der Waals surface area contributed by atoms with Crippen LogP contribution < -0.4 is 15.8 Å². The van der Waals surface area contributed by atoms with Gasteiger partial charge in [-0.3, -0.25) is 4.79 Å². The van der Waals surface area contributed by atoms with Gasteiger partial charge in [0.25, 0.3) is 5.56 Å². The lowest BCUT2D eigenvalue weighted by atomic mass is 10.1. The Morgan fingerprint density at radius 2 is 2.33 bits per heavy atom. The molecule has 1 atom stereocenters. The quantitative estimate of drug-likeness (QED) is 0.861. The van der Waals surface area contributed by atoms with Crippen LogP contribution in [0.5, 0.6) is 0 Å². The second-order valence-corrected chi connectivity index (χ2v) is 5.22. The maximum absolute atomic E-state index is 12.3. The summed E-state index contributed by atoms with van der Waals surface area (Å²) >= 11 is 0. The van der Waals surface area contributed by atoms with Crippen molar-refractivity contribution in [2.24, 2.45) is 5.92 Å². The zero-order valence-corrected chi connectivity index (χ0v) is 11.4. The van der Waals surface area contributed by atoms with E-state index in [0.29, 0.717) is 11.7 Å². The molecule has 2 rings (SSSR count). The topological polar surface area (TPSA) is 50.2 Å². The van der Waals surface area contributed by atoms with Crippen molar-refractivity contribution in [2.75, 3.05) is 31.6 Å². The van der Waals surface area contributed by atoms with Crippen molar-refractivity contribution in [3.05, 3.63) is 22.7 Å². The van der Waals surface area contributed by atoms with Crippen molar-refractivity contribution >= 4 is 5.82 Å². The minimum absolute atomic E-state index is 0.0256. The van der Waals surface area contributed by atoms with Gasteiger partial charge in [-0.2, -0.15) is 0 Å². The molecule has 1 aliphatic rings. The summed E-state index contributed by atoms with van der Waals surface area (Å²) in [7, 11) is 1.97. The second kappa shape index (κ2) is 5.52. The standard InChI is InChI=1S/C13H22N4O/c1-10(2)17-7-5-15-12(13(17)18)16-6-4-11(9-16)8-14-3/h5,7,10-11,14H,4,6,8-9H2,1-3H3. The van der Waals surface area contributed by atoms with Crippen LogP contribution in [0.4, 0.5) is 5.82 Å². The van der Waals surface area contributed by atoms with E-state index >= 15 is 0 Å². The van der Waals surface area contributed by atoms with Gasteiger partial charge in [0.1, 0.15) is 0 Å². The Morgan fingerprint density at radius 1 is 1.56 bits per heavy atom. The van der Waals surface area contributed by atoms with Crippen molar-refractivity contribution in [3.8, 4) is 0 Å². The monoisotopic (exact) mass is 250 g/mol. The lowest BCUT2D eigenvalue weighted by Crippen LogP contribution is -2.33. The molecule has 0 spiro atoms. The molecule has 0 aliphatic carbocycles. The fourth-order valence-electron chi connectivity index (χ4n) is 2.52. The van der Waals surface area contributed by atoms with E-state index in [4.69, 9.17) is 0 Å². The fourth-order valence-corrected chi connectivity index (χ4v) is 2.52. The van der Waals surface area contributed by atoms with E-state index in [-0.39, 0.29) is 11.6 Å². The van der Waals surface area contributed by atoms with Crippen molar-refractivity contribution in [3.63, 3.8) is 0 Å². The van der Waals surface area contributed by atoms with Crippen LogP contribution in [0.3, 0.4) is 0 Å². The highest BCUT2D eigenvalue weighted by Gasteiger charge is 2.25. The number of nitrogens with one attached hydrogen (secondary N) is 1. The van der Waals surface area contributed by atoms with Crippen LogP contribution in [0.25, 0.3) is 0 Å². The van der Waals surface area contributed by atoms with Gasteiger partial charge in [-0.25, -0.2) is 4.98 Å². The van der Waals surface area contributed by atoms with Gasteiger partial charge in [0, 0.05) is 31.5 Å². The first-order valence-corrected chi connectivity index (χ1v) is 6.60. The Balaban J connectivity index is 2.20. The van der Waals surface area contributed by atoms with E-state index in [9.17, 15) is 4.79 Å². The lowest BCUT2D eigenvalue weighted by molar-refractivity contribution is 0.547. The number of hydrogen-bond donors (Lipinski definition) is 1. The highest BCUT2D eigenvalue weighted by Crippen LogP contribution is 2.19. The minimum atomic E-state index is 0.0256. The van der Waals surface area contributed by atoms with Gasteiger partial charge in [0.05, 0.1) is 0 Å². The van der Waals surface area contributed by atoms with Crippen LogP contribution in [0.2, 0.25) is 0 Å². The zero-order valence-electron chi connectivity index (χ0n) is 11.4. The van der Waals surface area contributed by atoms with Crippen molar-refractivity contribution in [1.29, 1.82) is 0 Å². The van der Waals surface area contributed by atoms with Crippen molar-refractivity contribution < 1.29 is 0 Å². The molecule has 1 unspecified atom stereocenters. The molecular weight excluding hydrogens is 228 g/mol. The first-order chi connectivity index (χ1) is 8.63. The van der Waals surface area contributed by atoms with Gasteiger partial charge in [0.2, 0.25) is 0 Å². The summed E-state index contributed by atoms with van der Waals surface area (Å²) in [4.78, 5) is 18.7. The molecule has 1 aliphatic heterocycles. The molecule has 5 heteroatoms.